The summed E-state index contributed by atoms with van der Waals surface area (Å²) >= 11 is 0. The Morgan fingerprint density at radius 1 is 1.26 bits per heavy atom. The lowest BCUT2D eigenvalue weighted by Gasteiger charge is -2.35. The Labute approximate surface area is 137 Å². The van der Waals surface area contributed by atoms with Gasteiger partial charge in [0.1, 0.15) is 0 Å². The van der Waals surface area contributed by atoms with E-state index in [0.29, 0.717) is 19.5 Å². The van der Waals surface area contributed by atoms with E-state index in [0.717, 1.165) is 26.1 Å². The Morgan fingerprint density at radius 3 is 2.70 bits per heavy atom. The molecule has 0 aromatic carbocycles. The summed E-state index contributed by atoms with van der Waals surface area (Å²) < 4.78 is 7.26. The number of amides is 1. The fourth-order valence-electron chi connectivity index (χ4n) is 2.95. The molecule has 1 amide bonds. The van der Waals surface area contributed by atoms with Crippen molar-refractivity contribution in [3.8, 4) is 0 Å². The number of hydrogen-bond acceptors (Lipinski definition) is 4. The van der Waals surface area contributed by atoms with Gasteiger partial charge in [-0.05, 0) is 26.3 Å². The molecule has 2 heterocycles. The summed E-state index contributed by atoms with van der Waals surface area (Å²) in [6.07, 6.45) is 3.51. The summed E-state index contributed by atoms with van der Waals surface area (Å²) in [5.41, 5.74) is -0.0733. The van der Waals surface area contributed by atoms with E-state index in [4.69, 9.17) is 4.74 Å². The second-order valence-electron chi connectivity index (χ2n) is 6.20. The van der Waals surface area contributed by atoms with Gasteiger partial charge >= 0.3 is 0 Å². The van der Waals surface area contributed by atoms with Crippen LogP contribution >= 0.6 is 0 Å². The molecule has 2 rings (SSSR count). The Morgan fingerprint density at radius 2 is 2.00 bits per heavy atom. The van der Waals surface area contributed by atoms with Crippen molar-refractivity contribution >= 4 is 5.91 Å². The summed E-state index contributed by atoms with van der Waals surface area (Å²) in [6, 6.07) is 5.00. The number of nitrogens with one attached hydrogen (secondary N) is 1. The topological polar surface area (TPSA) is 63.6 Å². The van der Waals surface area contributed by atoms with E-state index in [1.54, 1.807) is 22.9 Å². The van der Waals surface area contributed by atoms with Gasteiger partial charge in [0.2, 0.25) is 5.91 Å². The number of hydrogen-bond donors (Lipinski definition) is 1. The minimum Gasteiger partial charge on any atom is -0.373 e. The predicted molar refractivity (Wildman–Crippen MR) is 89.4 cm³/mol. The quantitative estimate of drug-likeness (QED) is 0.757. The highest BCUT2D eigenvalue weighted by molar-refractivity contribution is 5.75. The summed E-state index contributed by atoms with van der Waals surface area (Å²) in [5.74, 6) is -0.00975. The number of carbonyl (C=O) groups excluding carboxylic acids is 1. The van der Waals surface area contributed by atoms with Crippen LogP contribution in [-0.2, 0) is 16.1 Å². The van der Waals surface area contributed by atoms with Gasteiger partial charge in [-0.2, -0.15) is 0 Å². The second-order valence-corrected chi connectivity index (χ2v) is 6.20. The molecule has 1 N–H and O–H groups in total. The third kappa shape index (κ3) is 6.15. The van der Waals surface area contributed by atoms with Gasteiger partial charge in [-0.3, -0.25) is 14.5 Å². The normalized spacial score (nSPS) is 22.0. The van der Waals surface area contributed by atoms with Crippen molar-refractivity contribution < 1.29 is 9.53 Å². The lowest BCUT2D eigenvalue weighted by molar-refractivity contribution is -0.121. The number of pyridine rings is 1. The minimum atomic E-state index is -0.0733. The molecule has 0 saturated carbocycles. The van der Waals surface area contributed by atoms with Gasteiger partial charge in [-0.25, -0.2) is 0 Å². The molecule has 1 aliphatic rings. The van der Waals surface area contributed by atoms with Crippen LogP contribution in [0.15, 0.2) is 29.2 Å². The molecule has 6 nitrogen and oxygen atoms in total. The zero-order chi connectivity index (χ0) is 16.7. The fraction of sp³-hybridized carbons (Fsp3) is 0.647. The number of carbonyl (C=O) groups is 1. The molecular weight excluding hydrogens is 294 g/mol. The third-order valence-electron chi connectivity index (χ3n) is 3.95. The first-order valence-corrected chi connectivity index (χ1v) is 8.34. The fourth-order valence-corrected chi connectivity index (χ4v) is 2.95. The lowest BCUT2D eigenvalue weighted by atomic mass is 10.2. The third-order valence-corrected chi connectivity index (χ3v) is 3.95. The molecule has 0 bridgehead atoms. The molecule has 128 valence electrons. The van der Waals surface area contributed by atoms with Gasteiger partial charge < -0.3 is 14.6 Å². The smallest absolute Gasteiger partial charge is 0.250 e. The molecule has 1 saturated heterocycles. The predicted octanol–water partition coefficient (Wildman–Crippen LogP) is 0.854. The van der Waals surface area contributed by atoms with Gasteiger partial charge in [0.15, 0.2) is 0 Å². The summed E-state index contributed by atoms with van der Waals surface area (Å²) in [6.45, 7) is 8.15. The SMILES string of the molecule is CC1CN(CCCNC(=O)CCn2ccccc2=O)CC(C)O1. The number of aromatic nitrogens is 1. The second kappa shape index (κ2) is 8.84. The number of nitrogens with zero attached hydrogens (tertiary/aromatic N) is 2. The summed E-state index contributed by atoms with van der Waals surface area (Å²) in [7, 11) is 0. The summed E-state index contributed by atoms with van der Waals surface area (Å²) in [4.78, 5) is 25.7. The Bertz CT molecular complexity index is 548. The van der Waals surface area contributed by atoms with Crippen LogP contribution in [0.5, 0.6) is 0 Å². The lowest BCUT2D eigenvalue weighted by Crippen LogP contribution is -2.46. The zero-order valence-corrected chi connectivity index (χ0v) is 14.0. The number of aryl methyl sites for hydroxylation is 1. The van der Waals surface area contributed by atoms with E-state index in [1.807, 2.05) is 0 Å². The van der Waals surface area contributed by atoms with Crippen molar-refractivity contribution in [2.75, 3.05) is 26.2 Å². The average Bonchev–Trinajstić information content (AvgIpc) is 2.50. The maximum absolute atomic E-state index is 11.8. The molecule has 2 atom stereocenters. The standard InChI is InChI=1S/C17H27N3O3/c1-14-12-19(13-15(2)23-14)9-5-8-18-16(21)7-11-20-10-4-3-6-17(20)22/h3-4,6,10,14-15H,5,7-9,11-13H2,1-2H3,(H,18,21). The van der Waals surface area contributed by atoms with Crippen molar-refractivity contribution in [3.63, 3.8) is 0 Å². The molecule has 0 spiro atoms. The van der Waals surface area contributed by atoms with Crippen LogP contribution in [0.25, 0.3) is 0 Å². The van der Waals surface area contributed by atoms with E-state index in [2.05, 4.69) is 24.1 Å². The van der Waals surface area contributed by atoms with Crippen LogP contribution in [0, 0.1) is 0 Å². The Kier molecular flexibility index (Phi) is 6.80. The maximum Gasteiger partial charge on any atom is 0.250 e. The van der Waals surface area contributed by atoms with Crippen LogP contribution in [-0.4, -0.2) is 53.8 Å². The molecule has 23 heavy (non-hydrogen) atoms. The van der Waals surface area contributed by atoms with Crippen molar-refractivity contribution in [1.29, 1.82) is 0 Å². The number of morpholine rings is 1. The molecule has 1 aromatic rings. The number of rotatable bonds is 7. The summed E-state index contributed by atoms with van der Waals surface area (Å²) in [5, 5.41) is 2.92. The molecule has 1 aliphatic heterocycles. The molecular formula is C17H27N3O3. The molecule has 6 heteroatoms. The van der Waals surface area contributed by atoms with Gasteiger partial charge in [0.25, 0.3) is 5.56 Å². The van der Waals surface area contributed by atoms with Crippen LogP contribution in [0.3, 0.4) is 0 Å². The van der Waals surface area contributed by atoms with E-state index in [1.165, 1.54) is 6.07 Å². The highest BCUT2D eigenvalue weighted by Crippen LogP contribution is 2.10. The van der Waals surface area contributed by atoms with Gasteiger partial charge in [-0.15, -0.1) is 0 Å². The minimum absolute atomic E-state index is 0.00975. The van der Waals surface area contributed by atoms with Crippen LogP contribution in [0.1, 0.15) is 26.7 Å². The van der Waals surface area contributed by atoms with Crippen molar-refractivity contribution in [1.82, 2.24) is 14.8 Å². The molecule has 0 aliphatic carbocycles. The van der Waals surface area contributed by atoms with Crippen molar-refractivity contribution in [3.05, 3.63) is 34.7 Å². The maximum atomic E-state index is 11.8. The first kappa shape index (κ1) is 17.7. The molecule has 1 aromatic heterocycles. The van der Waals surface area contributed by atoms with E-state index >= 15 is 0 Å². The van der Waals surface area contributed by atoms with Crippen LogP contribution in [0.4, 0.5) is 0 Å². The Hall–Kier alpha value is -1.66. The van der Waals surface area contributed by atoms with Crippen molar-refractivity contribution in [2.24, 2.45) is 0 Å². The van der Waals surface area contributed by atoms with Gasteiger partial charge in [0, 0.05) is 51.4 Å². The highest BCUT2D eigenvalue weighted by atomic mass is 16.5. The zero-order valence-electron chi connectivity index (χ0n) is 14.0. The first-order chi connectivity index (χ1) is 11.0. The van der Waals surface area contributed by atoms with Crippen LogP contribution < -0.4 is 10.9 Å². The average molecular weight is 321 g/mol. The van der Waals surface area contributed by atoms with E-state index < -0.39 is 0 Å². The van der Waals surface area contributed by atoms with Gasteiger partial charge in [-0.1, -0.05) is 6.07 Å². The molecule has 2 unspecified atom stereocenters. The Balaban J connectivity index is 1.60. The largest absolute Gasteiger partial charge is 0.373 e. The molecule has 1 fully saturated rings. The molecule has 0 radical (unpaired) electrons. The highest BCUT2D eigenvalue weighted by Gasteiger charge is 2.21. The monoisotopic (exact) mass is 321 g/mol. The van der Waals surface area contributed by atoms with Crippen molar-refractivity contribution in [2.45, 2.75) is 45.4 Å². The number of ether oxygens (including phenoxy) is 1. The van der Waals surface area contributed by atoms with E-state index in [9.17, 15) is 9.59 Å². The van der Waals surface area contributed by atoms with Gasteiger partial charge in [0.05, 0.1) is 12.2 Å². The van der Waals surface area contributed by atoms with Crippen LogP contribution in [0.2, 0.25) is 0 Å². The first-order valence-electron chi connectivity index (χ1n) is 8.34. The van der Waals surface area contributed by atoms with E-state index in [-0.39, 0.29) is 23.7 Å².